The van der Waals surface area contributed by atoms with E-state index in [0.29, 0.717) is 30.1 Å². The minimum Gasteiger partial charge on any atom is -0.487 e. The van der Waals surface area contributed by atoms with Crippen molar-refractivity contribution < 1.29 is 14.6 Å². The number of fused-ring (bicyclic) bond motifs is 1. The maximum Gasteiger partial charge on any atom is 0.134 e. The van der Waals surface area contributed by atoms with Gasteiger partial charge in [-0.1, -0.05) is 6.07 Å². The molecule has 0 aliphatic carbocycles. The van der Waals surface area contributed by atoms with Crippen LogP contribution in [0.2, 0.25) is 0 Å². The molecule has 0 saturated carbocycles. The van der Waals surface area contributed by atoms with Gasteiger partial charge in [-0.05, 0) is 39.8 Å². The Labute approximate surface area is 136 Å². The van der Waals surface area contributed by atoms with Crippen LogP contribution in [-0.2, 0) is 13.2 Å². The van der Waals surface area contributed by atoms with Crippen molar-refractivity contribution in [3.63, 3.8) is 0 Å². The molecule has 6 heteroatoms. The summed E-state index contributed by atoms with van der Waals surface area (Å²) >= 11 is 0. The SMILES string of the molecule is CCn1nc(C)c(COc2cccc3c2C(O)CC(C)(C)O3)n1. The van der Waals surface area contributed by atoms with E-state index in [0.717, 1.165) is 17.9 Å². The van der Waals surface area contributed by atoms with Gasteiger partial charge in [0, 0.05) is 6.42 Å². The average molecular weight is 317 g/mol. The highest BCUT2D eigenvalue weighted by atomic mass is 16.5. The van der Waals surface area contributed by atoms with E-state index in [1.165, 1.54) is 0 Å². The van der Waals surface area contributed by atoms with E-state index in [1.807, 2.05) is 45.9 Å². The third-order valence-electron chi connectivity index (χ3n) is 4.00. The van der Waals surface area contributed by atoms with Gasteiger partial charge in [0.15, 0.2) is 0 Å². The Balaban J connectivity index is 1.83. The highest BCUT2D eigenvalue weighted by molar-refractivity contribution is 5.48. The smallest absolute Gasteiger partial charge is 0.134 e. The molecule has 0 spiro atoms. The van der Waals surface area contributed by atoms with E-state index >= 15 is 0 Å². The maximum absolute atomic E-state index is 10.5. The molecule has 2 heterocycles. The van der Waals surface area contributed by atoms with Gasteiger partial charge in [0.1, 0.15) is 29.4 Å². The number of rotatable bonds is 4. The third-order valence-corrected chi connectivity index (χ3v) is 4.00. The lowest BCUT2D eigenvalue weighted by atomic mass is 9.91. The van der Waals surface area contributed by atoms with Crippen molar-refractivity contribution in [1.29, 1.82) is 0 Å². The zero-order chi connectivity index (χ0) is 16.6. The predicted octanol–water partition coefficient (Wildman–Crippen LogP) is 2.78. The highest BCUT2D eigenvalue weighted by Gasteiger charge is 2.34. The summed E-state index contributed by atoms with van der Waals surface area (Å²) in [5.41, 5.74) is 1.99. The van der Waals surface area contributed by atoms with Gasteiger partial charge in [0.2, 0.25) is 0 Å². The topological polar surface area (TPSA) is 69.4 Å². The number of aliphatic hydroxyl groups is 1. The molecule has 1 aromatic heterocycles. The maximum atomic E-state index is 10.5. The van der Waals surface area contributed by atoms with Crippen LogP contribution in [0.4, 0.5) is 0 Å². The van der Waals surface area contributed by atoms with E-state index in [2.05, 4.69) is 10.2 Å². The quantitative estimate of drug-likeness (QED) is 0.939. The minimum atomic E-state index is -0.600. The summed E-state index contributed by atoms with van der Waals surface area (Å²) in [6.45, 7) is 8.89. The number of aliphatic hydroxyl groups excluding tert-OH is 1. The lowest BCUT2D eigenvalue weighted by molar-refractivity contribution is 0.00947. The van der Waals surface area contributed by atoms with E-state index in [9.17, 15) is 5.11 Å². The zero-order valence-corrected chi connectivity index (χ0v) is 14.0. The molecular formula is C17H23N3O3. The Bertz CT molecular complexity index is 709. The van der Waals surface area contributed by atoms with Crippen LogP contribution in [-0.4, -0.2) is 25.7 Å². The number of nitrogens with zero attached hydrogens (tertiary/aromatic N) is 3. The summed E-state index contributed by atoms with van der Waals surface area (Å²) in [7, 11) is 0. The van der Waals surface area contributed by atoms with Gasteiger partial charge in [0.05, 0.1) is 23.9 Å². The van der Waals surface area contributed by atoms with Crippen molar-refractivity contribution in [2.45, 2.75) is 59.0 Å². The normalized spacial score (nSPS) is 19.1. The largest absolute Gasteiger partial charge is 0.487 e. The first-order valence-electron chi connectivity index (χ1n) is 7.93. The number of benzene rings is 1. The van der Waals surface area contributed by atoms with Gasteiger partial charge in [0.25, 0.3) is 0 Å². The summed E-state index contributed by atoms with van der Waals surface area (Å²) in [5, 5.41) is 19.2. The van der Waals surface area contributed by atoms with Gasteiger partial charge in [-0.15, -0.1) is 0 Å². The fourth-order valence-corrected chi connectivity index (χ4v) is 2.86. The molecule has 1 aliphatic heterocycles. The molecule has 0 saturated heterocycles. The Morgan fingerprint density at radius 1 is 1.39 bits per heavy atom. The van der Waals surface area contributed by atoms with Crippen LogP contribution < -0.4 is 9.47 Å². The second-order valence-electron chi connectivity index (χ2n) is 6.46. The molecule has 1 aromatic carbocycles. The number of aryl methyl sites for hydroxylation is 2. The van der Waals surface area contributed by atoms with Crippen LogP contribution in [0.1, 0.15) is 50.2 Å². The molecule has 23 heavy (non-hydrogen) atoms. The lowest BCUT2D eigenvalue weighted by Gasteiger charge is -2.36. The minimum absolute atomic E-state index is 0.318. The second-order valence-corrected chi connectivity index (χ2v) is 6.46. The monoisotopic (exact) mass is 317 g/mol. The molecule has 0 radical (unpaired) electrons. The molecule has 6 nitrogen and oxygen atoms in total. The second kappa shape index (κ2) is 5.85. The Kier molecular flexibility index (Phi) is 4.02. The molecule has 0 fully saturated rings. The van der Waals surface area contributed by atoms with E-state index in [4.69, 9.17) is 9.47 Å². The van der Waals surface area contributed by atoms with Crippen molar-refractivity contribution in [1.82, 2.24) is 15.0 Å². The van der Waals surface area contributed by atoms with Gasteiger partial charge >= 0.3 is 0 Å². The number of aromatic nitrogens is 3. The Morgan fingerprint density at radius 2 is 2.17 bits per heavy atom. The summed E-state index contributed by atoms with van der Waals surface area (Å²) in [6.07, 6.45) is -0.0665. The van der Waals surface area contributed by atoms with Crippen molar-refractivity contribution in [3.8, 4) is 11.5 Å². The van der Waals surface area contributed by atoms with Crippen molar-refractivity contribution in [2.24, 2.45) is 0 Å². The van der Waals surface area contributed by atoms with Crippen LogP contribution >= 0.6 is 0 Å². The molecular weight excluding hydrogens is 294 g/mol. The summed E-state index contributed by atoms with van der Waals surface area (Å²) in [6, 6.07) is 5.59. The van der Waals surface area contributed by atoms with Gasteiger partial charge < -0.3 is 14.6 Å². The van der Waals surface area contributed by atoms with Crippen molar-refractivity contribution >= 4 is 0 Å². The Morgan fingerprint density at radius 3 is 2.87 bits per heavy atom. The first kappa shape index (κ1) is 15.8. The van der Waals surface area contributed by atoms with Gasteiger partial charge in [-0.2, -0.15) is 15.0 Å². The van der Waals surface area contributed by atoms with Gasteiger partial charge in [-0.25, -0.2) is 0 Å². The predicted molar refractivity (Wildman–Crippen MR) is 85.5 cm³/mol. The van der Waals surface area contributed by atoms with Crippen LogP contribution in [0.3, 0.4) is 0 Å². The first-order valence-corrected chi connectivity index (χ1v) is 7.93. The summed E-state index contributed by atoms with van der Waals surface area (Å²) in [5.74, 6) is 1.32. The molecule has 124 valence electrons. The van der Waals surface area contributed by atoms with Crippen molar-refractivity contribution in [2.75, 3.05) is 0 Å². The van der Waals surface area contributed by atoms with Crippen LogP contribution in [0.15, 0.2) is 18.2 Å². The molecule has 1 atom stereocenters. The third kappa shape index (κ3) is 3.17. The molecule has 1 unspecified atom stereocenters. The molecule has 2 aromatic rings. The lowest BCUT2D eigenvalue weighted by Crippen LogP contribution is -2.35. The number of ether oxygens (including phenoxy) is 2. The molecule has 1 N–H and O–H groups in total. The molecule has 0 bridgehead atoms. The number of hydrogen-bond acceptors (Lipinski definition) is 5. The van der Waals surface area contributed by atoms with Crippen LogP contribution in [0.5, 0.6) is 11.5 Å². The summed E-state index contributed by atoms with van der Waals surface area (Å²) in [4.78, 5) is 1.65. The standard InChI is InChI=1S/C17H23N3O3/c1-5-20-18-11(2)12(19-20)10-22-14-7-6-8-15-16(14)13(21)9-17(3,4)23-15/h6-8,13,21H,5,9-10H2,1-4H3. The van der Waals surface area contributed by atoms with Crippen LogP contribution in [0, 0.1) is 6.92 Å². The molecule has 0 amide bonds. The first-order chi connectivity index (χ1) is 10.9. The fraction of sp³-hybridized carbons (Fsp3) is 0.529. The fourth-order valence-electron chi connectivity index (χ4n) is 2.86. The Hall–Kier alpha value is -2.08. The summed E-state index contributed by atoms with van der Waals surface area (Å²) < 4.78 is 11.9. The number of hydrogen-bond donors (Lipinski definition) is 1. The molecule has 3 rings (SSSR count). The highest BCUT2D eigenvalue weighted by Crippen LogP contribution is 2.44. The van der Waals surface area contributed by atoms with Crippen molar-refractivity contribution in [3.05, 3.63) is 35.2 Å². The van der Waals surface area contributed by atoms with Crippen LogP contribution in [0.25, 0.3) is 0 Å². The average Bonchev–Trinajstić information content (AvgIpc) is 2.83. The van der Waals surface area contributed by atoms with Gasteiger partial charge in [-0.3, -0.25) is 0 Å². The van der Waals surface area contributed by atoms with E-state index in [-0.39, 0.29) is 5.60 Å². The van der Waals surface area contributed by atoms with E-state index < -0.39 is 6.10 Å². The van der Waals surface area contributed by atoms with E-state index in [1.54, 1.807) is 4.80 Å². The molecule has 1 aliphatic rings. The zero-order valence-electron chi connectivity index (χ0n) is 14.0.